The highest BCUT2D eigenvalue weighted by molar-refractivity contribution is 9.10. The van der Waals surface area contributed by atoms with E-state index in [9.17, 15) is 0 Å². The van der Waals surface area contributed by atoms with Crippen molar-refractivity contribution in [2.24, 2.45) is 0 Å². The van der Waals surface area contributed by atoms with Gasteiger partial charge in [0.15, 0.2) is 11.5 Å². The number of aromatic amines is 1. The number of halogens is 1. The van der Waals surface area contributed by atoms with Crippen molar-refractivity contribution in [2.45, 2.75) is 6.54 Å². The third-order valence-corrected chi connectivity index (χ3v) is 3.12. The summed E-state index contributed by atoms with van der Waals surface area (Å²) >= 11 is 3.41. The number of H-pyrrole nitrogens is 1. The van der Waals surface area contributed by atoms with E-state index in [-0.39, 0.29) is 0 Å². The smallest absolute Gasteiger partial charge is 0.182 e. The van der Waals surface area contributed by atoms with Crippen LogP contribution in [-0.2, 0) is 6.54 Å². The van der Waals surface area contributed by atoms with Gasteiger partial charge >= 0.3 is 0 Å². The Bertz CT molecular complexity index is 662. The third-order valence-electron chi connectivity index (χ3n) is 2.60. The minimum atomic E-state index is 0.670. The highest BCUT2D eigenvalue weighted by atomic mass is 79.9. The minimum Gasteiger partial charge on any atom is -0.364 e. The molecule has 0 saturated heterocycles. The van der Waals surface area contributed by atoms with Gasteiger partial charge in [-0.3, -0.25) is 0 Å². The average Bonchev–Trinajstić information content (AvgIpc) is 2.87. The Hall–Kier alpha value is -1.95. The van der Waals surface area contributed by atoms with Gasteiger partial charge in [0.25, 0.3) is 0 Å². The maximum Gasteiger partial charge on any atom is 0.182 e. The molecular weight excluding hydrogens is 294 g/mol. The van der Waals surface area contributed by atoms with Crippen LogP contribution in [0.5, 0.6) is 0 Å². The van der Waals surface area contributed by atoms with Crippen molar-refractivity contribution in [3.63, 3.8) is 0 Å². The molecule has 0 radical (unpaired) electrons. The zero-order valence-corrected chi connectivity index (χ0v) is 11.0. The minimum absolute atomic E-state index is 0.670. The molecule has 0 unspecified atom stereocenters. The SMILES string of the molecule is Brc1ccc(CNc2ncnc3nc[nH]c23)cc1. The van der Waals surface area contributed by atoms with Gasteiger partial charge in [-0.25, -0.2) is 15.0 Å². The predicted octanol–water partition coefficient (Wildman–Crippen LogP) is 2.73. The summed E-state index contributed by atoms with van der Waals surface area (Å²) < 4.78 is 1.07. The Morgan fingerprint density at radius 3 is 2.78 bits per heavy atom. The van der Waals surface area contributed by atoms with E-state index in [4.69, 9.17) is 0 Å². The Balaban J connectivity index is 1.80. The van der Waals surface area contributed by atoms with Crippen LogP contribution < -0.4 is 5.32 Å². The fourth-order valence-electron chi connectivity index (χ4n) is 1.69. The first-order chi connectivity index (χ1) is 8.83. The van der Waals surface area contributed by atoms with E-state index in [1.807, 2.05) is 12.1 Å². The van der Waals surface area contributed by atoms with Crippen LogP contribution in [0, 0.1) is 0 Å². The van der Waals surface area contributed by atoms with Crippen molar-refractivity contribution in [1.29, 1.82) is 0 Å². The van der Waals surface area contributed by atoms with Crippen molar-refractivity contribution in [3.8, 4) is 0 Å². The molecule has 3 aromatic rings. The lowest BCUT2D eigenvalue weighted by molar-refractivity contribution is 1.10. The molecule has 0 amide bonds. The van der Waals surface area contributed by atoms with Crippen LogP contribution >= 0.6 is 15.9 Å². The molecule has 0 aliphatic rings. The summed E-state index contributed by atoms with van der Waals surface area (Å²) in [4.78, 5) is 15.4. The Kier molecular flexibility index (Phi) is 2.93. The van der Waals surface area contributed by atoms with Gasteiger partial charge in [-0.1, -0.05) is 28.1 Å². The van der Waals surface area contributed by atoms with Crippen LogP contribution in [0.1, 0.15) is 5.56 Å². The zero-order valence-electron chi connectivity index (χ0n) is 9.39. The first kappa shape index (κ1) is 11.2. The topological polar surface area (TPSA) is 66.5 Å². The van der Waals surface area contributed by atoms with Crippen molar-refractivity contribution in [1.82, 2.24) is 19.9 Å². The first-order valence-corrected chi connectivity index (χ1v) is 6.24. The first-order valence-electron chi connectivity index (χ1n) is 5.45. The second-order valence-corrected chi connectivity index (χ2v) is 4.72. The number of benzene rings is 1. The number of anilines is 1. The molecule has 0 atom stereocenters. The third kappa shape index (κ3) is 2.19. The van der Waals surface area contributed by atoms with E-state index in [1.54, 1.807) is 6.33 Å². The molecule has 90 valence electrons. The number of fused-ring (bicyclic) bond motifs is 1. The number of nitrogens with one attached hydrogen (secondary N) is 2. The maximum atomic E-state index is 4.21. The summed E-state index contributed by atoms with van der Waals surface area (Å²) in [5.41, 5.74) is 2.68. The molecule has 3 rings (SSSR count). The van der Waals surface area contributed by atoms with E-state index >= 15 is 0 Å². The second kappa shape index (κ2) is 4.73. The maximum absolute atomic E-state index is 4.21. The molecule has 5 nitrogen and oxygen atoms in total. The summed E-state index contributed by atoms with van der Waals surface area (Å²) in [6.07, 6.45) is 3.12. The summed E-state index contributed by atoms with van der Waals surface area (Å²) in [6, 6.07) is 8.15. The number of aromatic nitrogens is 4. The fourth-order valence-corrected chi connectivity index (χ4v) is 1.95. The van der Waals surface area contributed by atoms with Crippen LogP contribution in [0.15, 0.2) is 41.4 Å². The van der Waals surface area contributed by atoms with Gasteiger partial charge in [0.1, 0.15) is 11.8 Å². The summed E-state index contributed by atoms with van der Waals surface area (Å²) in [5, 5.41) is 3.27. The molecule has 18 heavy (non-hydrogen) atoms. The number of hydrogen-bond donors (Lipinski definition) is 2. The van der Waals surface area contributed by atoms with E-state index in [1.165, 1.54) is 11.9 Å². The number of nitrogens with zero attached hydrogens (tertiary/aromatic N) is 3. The van der Waals surface area contributed by atoms with Gasteiger partial charge in [0, 0.05) is 11.0 Å². The Labute approximate surface area is 112 Å². The van der Waals surface area contributed by atoms with Crippen LogP contribution in [0.25, 0.3) is 11.2 Å². The molecule has 0 spiro atoms. The van der Waals surface area contributed by atoms with E-state index in [0.717, 1.165) is 15.8 Å². The molecule has 0 saturated carbocycles. The quantitative estimate of drug-likeness (QED) is 0.781. The van der Waals surface area contributed by atoms with E-state index in [0.29, 0.717) is 12.2 Å². The van der Waals surface area contributed by atoms with Gasteiger partial charge in [0.2, 0.25) is 0 Å². The second-order valence-electron chi connectivity index (χ2n) is 3.80. The Morgan fingerprint density at radius 2 is 1.94 bits per heavy atom. The van der Waals surface area contributed by atoms with Crippen LogP contribution in [0.3, 0.4) is 0 Å². The van der Waals surface area contributed by atoms with Crippen molar-refractivity contribution in [2.75, 3.05) is 5.32 Å². The predicted molar refractivity (Wildman–Crippen MR) is 73.2 cm³/mol. The molecule has 0 bridgehead atoms. The summed E-state index contributed by atoms with van der Waals surface area (Å²) in [5.74, 6) is 0.764. The molecule has 0 aliphatic heterocycles. The molecular formula is C12H10BrN5. The molecule has 0 aliphatic carbocycles. The lowest BCUT2D eigenvalue weighted by Gasteiger charge is -2.06. The lowest BCUT2D eigenvalue weighted by atomic mass is 10.2. The molecule has 6 heteroatoms. The molecule has 2 N–H and O–H groups in total. The highest BCUT2D eigenvalue weighted by Crippen LogP contribution is 2.16. The van der Waals surface area contributed by atoms with Gasteiger partial charge in [-0.2, -0.15) is 0 Å². The highest BCUT2D eigenvalue weighted by Gasteiger charge is 2.04. The summed E-state index contributed by atoms with van der Waals surface area (Å²) in [7, 11) is 0. The number of rotatable bonds is 3. The average molecular weight is 304 g/mol. The van der Waals surface area contributed by atoms with Crippen molar-refractivity contribution in [3.05, 3.63) is 47.0 Å². The number of hydrogen-bond acceptors (Lipinski definition) is 4. The van der Waals surface area contributed by atoms with Gasteiger partial charge in [-0.05, 0) is 17.7 Å². The summed E-state index contributed by atoms with van der Waals surface area (Å²) in [6.45, 7) is 0.707. The van der Waals surface area contributed by atoms with Crippen LogP contribution in [0.4, 0.5) is 5.82 Å². The normalized spacial score (nSPS) is 10.7. The van der Waals surface area contributed by atoms with Crippen LogP contribution in [-0.4, -0.2) is 19.9 Å². The molecule has 2 heterocycles. The van der Waals surface area contributed by atoms with E-state index in [2.05, 4.69) is 53.3 Å². The van der Waals surface area contributed by atoms with Crippen molar-refractivity contribution >= 4 is 32.9 Å². The van der Waals surface area contributed by atoms with E-state index < -0.39 is 0 Å². The number of imidazole rings is 1. The zero-order chi connectivity index (χ0) is 12.4. The van der Waals surface area contributed by atoms with Gasteiger partial charge in [0.05, 0.1) is 6.33 Å². The standard InChI is InChI=1S/C12H10BrN5/c13-9-3-1-8(2-4-9)5-14-11-10-12(16-6-15-10)18-7-17-11/h1-4,6-7H,5H2,(H2,14,15,16,17,18). The lowest BCUT2D eigenvalue weighted by Crippen LogP contribution is -2.02. The molecule has 1 aromatic carbocycles. The monoisotopic (exact) mass is 303 g/mol. The largest absolute Gasteiger partial charge is 0.364 e. The van der Waals surface area contributed by atoms with Crippen molar-refractivity contribution < 1.29 is 0 Å². The fraction of sp³-hybridized carbons (Fsp3) is 0.0833. The van der Waals surface area contributed by atoms with Crippen LogP contribution in [0.2, 0.25) is 0 Å². The molecule has 0 fully saturated rings. The van der Waals surface area contributed by atoms with Gasteiger partial charge in [-0.15, -0.1) is 0 Å². The molecule has 2 aromatic heterocycles. The Morgan fingerprint density at radius 1 is 1.11 bits per heavy atom. The van der Waals surface area contributed by atoms with Gasteiger partial charge < -0.3 is 10.3 Å².